The number of carbonyl (C=O) groups excluding carboxylic acids is 1. The normalized spacial score (nSPS) is 10.7. The van der Waals surface area contributed by atoms with Crippen molar-refractivity contribution in [3.63, 3.8) is 0 Å². The Morgan fingerprint density at radius 2 is 2.24 bits per heavy atom. The zero-order valence-electron chi connectivity index (χ0n) is 10.8. The molecule has 0 saturated heterocycles. The van der Waals surface area contributed by atoms with E-state index in [1.54, 1.807) is 4.57 Å². The summed E-state index contributed by atoms with van der Waals surface area (Å²) in [6.45, 7) is 0.183. The first kappa shape index (κ1) is 15.1. The number of aliphatic carboxylic acids is 1. The second-order valence-corrected chi connectivity index (χ2v) is 4.97. The monoisotopic (exact) mass is 313 g/mol. The number of fused-ring (bicyclic) bond motifs is 1. The molecule has 2 aromatic rings. The van der Waals surface area contributed by atoms with Crippen LogP contribution in [-0.2, 0) is 16.1 Å². The second-order valence-electron chi connectivity index (χ2n) is 4.03. The van der Waals surface area contributed by atoms with Crippen molar-refractivity contribution in [3.8, 4) is 0 Å². The fourth-order valence-corrected chi connectivity index (χ4v) is 2.52. The van der Waals surface area contributed by atoms with E-state index in [-0.39, 0.29) is 18.9 Å². The summed E-state index contributed by atoms with van der Waals surface area (Å²) in [4.78, 5) is 25.5. The maximum atomic E-state index is 13.3. The van der Waals surface area contributed by atoms with Gasteiger partial charge in [0, 0.05) is 0 Å². The molecule has 1 aromatic carbocycles. The van der Waals surface area contributed by atoms with Gasteiger partial charge in [-0.2, -0.15) is 0 Å². The number of rotatable bonds is 6. The fraction of sp³-hybridized carbons (Fsp3) is 0.250. The molecule has 0 atom stereocenters. The smallest absolute Gasteiger partial charge is 0.404 e. The summed E-state index contributed by atoms with van der Waals surface area (Å²) in [7, 11) is 0. The molecule has 0 aliphatic rings. The van der Waals surface area contributed by atoms with Crippen molar-refractivity contribution < 1.29 is 23.8 Å². The van der Waals surface area contributed by atoms with Gasteiger partial charge in [0.1, 0.15) is 12.4 Å². The van der Waals surface area contributed by atoms with E-state index in [2.05, 4.69) is 9.72 Å². The van der Waals surface area contributed by atoms with Crippen molar-refractivity contribution in [1.29, 1.82) is 0 Å². The quantitative estimate of drug-likeness (QED) is 0.782. The van der Waals surface area contributed by atoms with Crippen LogP contribution in [0.2, 0.25) is 0 Å². The number of thioether (sulfide) groups is 1. The van der Waals surface area contributed by atoms with Crippen molar-refractivity contribution in [2.45, 2.75) is 11.7 Å². The average Bonchev–Trinajstić information content (AvgIpc) is 2.74. The number of imidazole rings is 1. The summed E-state index contributed by atoms with van der Waals surface area (Å²) in [5, 5.41) is 9.14. The molecule has 0 saturated carbocycles. The summed E-state index contributed by atoms with van der Waals surface area (Å²) < 4.78 is 19.6. The van der Waals surface area contributed by atoms with Crippen molar-refractivity contribution in [1.82, 2.24) is 9.55 Å². The zero-order valence-corrected chi connectivity index (χ0v) is 11.6. The van der Waals surface area contributed by atoms with Gasteiger partial charge in [-0.1, -0.05) is 11.8 Å². The van der Waals surface area contributed by atoms with E-state index in [9.17, 15) is 14.0 Å². The minimum Gasteiger partial charge on any atom is -0.481 e. The molecule has 0 unspecified atom stereocenters. The van der Waals surface area contributed by atoms with E-state index in [1.165, 1.54) is 18.2 Å². The molecule has 1 aromatic heterocycles. The maximum absolute atomic E-state index is 13.3. The molecule has 21 heavy (non-hydrogen) atoms. The number of carboxylic acids is 1. The molecule has 2 rings (SSSR count). The molecule has 3 N–H and O–H groups in total. The molecule has 0 fully saturated rings. The van der Waals surface area contributed by atoms with Gasteiger partial charge in [-0.3, -0.25) is 4.79 Å². The van der Waals surface area contributed by atoms with Gasteiger partial charge in [0.15, 0.2) is 5.16 Å². The Morgan fingerprint density at radius 1 is 1.48 bits per heavy atom. The predicted molar refractivity (Wildman–Crippen MR) is 73.6 cm³/mol. The third-order valence-corrected chi connectivity index (χ3v) is 3.52. The third-order valence-electron chi connectivity index (χ3n) is 2.56. The van der Waals surface area contributed by atoms with Crippen LogP contribution in [0.15, 0.2) is 23.4 Å². The summed E-state index contributed by atoms with van der Waals surface area (Å²) in [6, 6.07) is 4.06. The second kappa shape index (κ2) is 6.44. The number of nitrogens with two attached hydrogens (primary N) is 1. The predicted octanol–water partition coefficient (Wildman–Crippen LogP) is 1.45. The Morgan fingerprint density at radius 3 is 2.90 bits per heavy atom. The molecule has 0 bridgehead atoms. The highest BCUT2D eigenvalue weighted by Gasteiger charge is 2.13. The lowest BCUT2D eigenvalue weighted by Gasteiger charge is -2.08. The Balaban J connectivity index is 2.30. The third kappa shape index (κ3) is 3.85. The lowest BCUT2D eigenvalue weighted by Crippen LogP contribution is -2.17. The largest absolute Gasteiger partial charge is 0.481 e. The van der Waals surface area contributed by atoms with E-state index in [0.29, 0.717) is 16.2 Å². The van der Waals surface area contributed by atoms with Gasteiger partial charge in [-0.05, 0) is 18.2 Å². The Labute approximate surface area is 122 Å². The highest BCUT2D eigenvalue weighted by Crippen LogP contribution is 2.24. The number of primary amides is 1. The molecule has 1 heterocycles. The van der Waals surface area contributed by atoms with Crippen LogP contribution in [0.4, 0.5) is 9.18 Å². The van der Waals surface area contributed by atoms with Crippen LogP contribution in [0.5, 0.6) is 0 Å². The Kier molecular flexibility index (Phi) is 4.63. The zero-order chi connectivity index (χ0) is 15.4. The van der Waals surface area contributed by atoms with E-state index in [4.69, 9.17) is 10.8 Å². The number of amides is 1. The number of benzene rings is 1. The molecular weight excluding hydrogens is 301 g/mol. The average molecular weight is 313 g/mol. The van der Waals surface area contributed by atoms with Crippen LogP contribution < -0.4 is 5.73 Å². The molecule has 0 aliphatic heterocycles. The van der Waals surface area contributed by atoms with Gasteiger partial charge in [-0.25, -0.2) is 14.2 Å². The molecule has 9 heteroatoms. The maximum Gasteiger partial charge on any atom is 0.404 e. The lowest BCUT2D eigenvalue weighted by molar-refractivity contribution is -0.133. The number of carbonyl (C=O) groups is 2. The first-order chi connectivity index (χ1) is 9.97. The molecular formula is C12H12FN3O4S. The fourth-order valence-electron chi connectivity index (χ4n) is 1.76. The van der Waals surface area contributed by atoms with E-state index < -0.39 is 17.9 Å². The minimum atomic E-state index is -0.988. The highest BCUT2D eigenvalue weighted by molar-refractivity contribution is 7.99. The SMILES string of the molecule is NC(=O)OCCn1c(SCC(=O)O)nc2ccc(F)cc21. The number of nitrogens with zero attached hydrogens (tertiary/aromatic N) is 2. The standard InChI is InChI=1S/C12H12FN3O4S/c13-7-1-2-8-9(5-7)16(3-4-20-11(14)19)12(15-8)21-6-10(17)18/h1-2,5H,3-4,6H2,(H2,14,19)(H,17,18). The molecule has 0 radical (unpaired) electrons. The van der Waals surface area contributed by atoms with E-state index in [1.807, 2.05) is 0 Å². The number of aromatic nitrogens is 2. The lowest BCUT2D eigenvalue weighted by atomic mass is 10.3. The molecule has 7 nitrogen and oxygen atoms in total. The highest BCUT2D eigenvalue weighted by atomic mass is 32.2. The number of hydrogen-bond acceptors (Lipinski definition) is 5. The number of carboxylic acid groups (broad SMARTS) is 1. The van der Waals surface area contributed by atoms with Crippen LogP contribution in [-0.4, -0.2) is 39.1 Å². The first-order valence-corrected chi connectivity index (χ1v) is 6.88. The molecule has 0 aliphatic carbocycles. The van der Waals surface area contributed by atoms with Gasteiger partial charge in [-0.15, -0.1) is 0 Å². The first-order valence-electron chi connectivity index (χ1n) is 5.90. The topological polar surface area (TPSA) is 107 Å². The van der Waals surface area contributed by atoms with E-state index in [0.717, 1.165) is 11.8 Å². The summed E-state index contributed by atoms with van der Waals surface area (Å²) in [6.07, 6.45) is -0.912. The van der Waals surface area contributed by atoms with Gasteiger partial charge in [0.05, 0.1) is 23.3 Å². The van der Waals surface area contributed by atoms with Crippen LogP contribution in [0.25, 0.3) is 11.0 Å². The Bertz CT molecular complexity index is 688. The summed E-state index contributed by atoms with van der Waals surface area (Å²) >= 11 is 1.00. The van der Waals surface area contributed by atoms with Crippen LogP contribution in [0.3, 0.4) is 0 Å². The summed E-state index contributed by atoms with van der Waals surface area (Å²) in [5.41, 5.74) is 5.90. The molecule has 112 valence electrons. The number of hydrogen-bond donors (Lipinski definition) is 2. The number of halogens is 1. The summed E-state index contributed by atoms with van der Waals surface area (Å²) in [5.74, 6) is -1.60. The van der Waals surface area contributed by atoms with Crippen LogP contribution in [0.1, 0.15) is 0 Å². The minimum absolute atomic E-state index is 0.0159. The van der Waals surface area contributed by atoms with E-state index >= 15 is 0 Å². The Hall–Kier alpha value is -2.29. The van der Waals surface area contributed by atoms with Crippen molar-refractivity contribution in [3.05, 3.63) is 24.0 Å². The van der Waals surface area contributed by atoms with Gasteiger partial charge in [0.25, 0.3) is 0 Å². The van der Waals surface area contributed by atoms with Crippen molar-refractivity contribution in [2.24, 2.45) is 5.73 Å². The van der Waals surface area contributed by atoms with Crippen LogP contribution >= 0.6 is 11.8 Å². The van der Waals surface area contributed by atoms with Crippen LogP contribution in [0, 0.1) is 5.82 Å². The molecule has 0 spiro atoms. The van der Waals surface area contributed by atoms with Crippen molar-refractivity contribution in [2.75, 3.05) is 12.4 Å². The molecule has 1 amide bonds. The van der Waals surface area contributed by atoms with Gasteiger partial charge < -0.3 is 20.1 Å². The van der Waals surface area contributed by atoms with Crippen molar-refractivity contribution >= 4 is 34.9 Å². The number of ether oxygens (including phenoxy) is 1. The van der Waals surface area contributed by atoms with Gasteiger partial charge >= 0.3 is 12.1 Å². The van der Waals surface area contributed by atoms with Gasteiger partial charge in [0.2, 0.25) is 0 Å².